The Labute approximate surface area is 169 Å². The fourth-order valence-electron chi connectivity index (χ4n) is 2.88. The SMILES string of the molecule is Cc1ccc(NC(=O)CSC(C)C(=O)N2CCCSc3ccccc32)cc1. The van der Waals surface area contributed by atoms with Crippen molar-refractivity contribution >= 4 is 46.7 Å². The Hall–Kier alpha value is -1.92. The van der Waals surface area contributed by atoms with Gasteiger partial charge < -0.3 is 10.2 Å². The number of fused-ring (bicyclic) bond motifs is 1. The Morgan fingerprint density at radius 2 is 1.93 bits per heavy atom. The first kappa shape index (κ1) is 19.8. The summed E-state index contributed by atoms with van der Waals surface area (Å²) in [6.45, 7) is 4.62. The molecule has 0 spiro atoms. The summed E-state index contributed by atoms with van der Waals surface area (Å²) in [7, 11) is 0. The van der Waals surface area contributed by atoms with Crippen molar-refractivity contribution in [2.45, 2.75) is 30.4 Å². The molecule has 0 saturated carbocycles. The zero-order valence-electron chi connectivity index (χ0n) is 15.6. The number of anilines is 2. The Morgan fingerprint density at radius 3 is 2.70 bits per heavy atom. The van der Waals surface area contributed by atoms with Crippen LogP contribution >= 0.6 is 23.5 Å². The third-order valence-electron chi connectivity index (χ3n) is 4.35. The number of nitrogens with one attached hydrogen (secondary N) is 1. The number of para-hydroxylation sites is 1. The van der Waals surface area contributed by atoms with Crippen molar-refractivity contribution in [1.29, 1.82) is 0 Å². The Bertz CT molecular complexity index is 808. The molecule has 2 aromatic rings. The van der Waals surface area contributed by atoms with Gasteiger partial charge in [0.05, 0.1) is 16.7 Å². The Morgan fingerprint density at radius 1 is 1.19 bits per heavy atom. The molecular weight excluding hydrogens is 376 g/mol. The Kier molecular flexibility index (Phi) is 6.85. The second-order valence-corrected chi connectivity index (χ2v) is 8.99. The number of carbonyl (C=O) groups excluding carboxylic acids is 2. The first-order valence-corrected chi connectivity index (χ1v) is 11.1. The summed E-state index contributed by atoms with van der Waals surface area (Å²) in [5.74, 6) is 1.25. The van der Waals surface area contributed by atoms with Crippen molar-refractivity contribution in [2.75, 3.05) is 28.3 Å². The van der Waals surface area contributed by atoms with E-state index in [9.17, 15) is 9.59 Å². The van der Waals surface area contributed by atoms with Gasteiger partial charge in [0.2, 0.25) is 11.8 Å². The van der Waals surface area contributed by atoms with Gasteiger partial charge in [-0.1, -0.05) is 29.8 Å². The predicted molar refractivity (Wildman–Crippen MR) is 116 cm³/mol. The van der Waals surface area contributed by atoms with Crippen LogP contribution in [0.1, 0.15) is 18.9 Å². The molecule has 4 nitrogen and oxygen atoms in total. The highest BCUT2D eigenvalue weighted by Crippen LogP contribution is 2.34. The molecule has 142 valence electrons. The van der Waals surface area contributed by atoms with Crippen LogP contribution in [0.5, 0.6) is 0 Å². The van der Waals surface area contributed by atoms with Crippen LogP contribution in [0.25, 0.3) is 0 Å². The van der Waals surface area contributed by atoms with E-state index in [-0.39, 0.29) is 22.8 Å². The van der Waals surface area contributed by atoms with E-state index in [1.165, 1.54) is 11.8 Å². The average molecular weight is 401 g/mol. The second-order valence-electron chi connectivity index (χ2n) is 6.53. The highest BCUT2D eigenvalue weighted by Gasteiger charge is 2.26. The molecule has 1 N–H and O–H groups in total. The molecule has 1 aliphatic heterocycles. The molecule has 0 aliphatic carbocycles. The number of aryl methyl sites for hydroxylation is 1. The number of hydrogen-bond donors (Lipinski definition) is 1. The molecule has 2 amide bonds. The number of carbonyl (C=O) groups is 2. The van der Waals surface area contributed by atoms with Gasteiger partial charge in [0, 0.05) is 17.1 Å². The molecule has 0 fully saturated rings. The van der Waals surface area contributed by atoms with Gasteiger partial charge in [0.25, 0.3) is 0 Å². The summed E-state index contributed by atoms with van der Waals surface area (Å²) >= 11 is 3.18. The summed E-state index contributed by atoms with van der Waals surface area (Å²) in [5.41, 5.74) is 2.92. The maximum Gasteiger partial charge on any atom is 0.239 e. The number of benzene rings is 2. The topological polar surface area (TPSA) is 49.4 Å². The van der Waals surface area contributed by atoms with Gasteiger partial charge in [0.15, 0.2) is 0 Å². The number of amides is 2. The highest BCUT2D eigenvalue weighted by molar-refractivity contribution is 8.01. The molecule has 0 aromatic heterocycles. The molecule has 1 aliphatic rings. The van der Waals surface area contributed by atoms with Crippen LogP contribution in [0.2, 0.25) is 0 Å². The van der Waals surface area contributed by atoms with Crippen LogP contribution in [0.15, 0.2) is 53.4 Å². The Balaban J connectivity index is 1.57. The molecule has 0 radical (unpaired) electrons. The van der Waals surface area contributed by atoms with Crippen LogP contribution in [0, 0.1) is 6.92 Å². The van der Waals surface area contributed by atoms with Crippen LogP contribution in [-0.2, 0) is 9.59 Å². The predicted octanol–water partition coefficient (Wildman–Crippen LogP) is 4.58. The summed E-state index contributed by atoms with van der Waals surface area (Å²) in [4.78, 5) is 28.2. The highest BCUT2D eigenvalue weighted by atomic mass is 32.2. The zero-order chi connectivity index (χ0) is 19.2. The first-order chi connectivity index (χ1) is 13.0. The van der Waals surface area contributed by atoms with Crippen molar-refractivity contribution in [3.63, 3.8) is 0 Å². The summed E-state index contributed by atoms with van der Waals surface area (Å²) in [6, 6.07) is 15.8. The normalized spacial score (nSPS) is 14.8. The fraction of sp³-hybridized carbons (Fsp3) is 0.333. The third kappa shape index (κ3) is 5.30. The minimum absolute atomic E-state index is 0.0677. The largest absolute Gasteiger partial charge is 0.325 e. The lowest BCUT2D eigenvalue weighted by molar-refractivity contribution is -0.117. The van der Waals surface area contributed by atoms with E-state index in [0.717, 1.165) is 40.6 Å². The van der Waals surface area contributed by atoms with E-state index >= 15 is 0 Å². The van der Waals surface area contributed by atoms with Crippen LogP contribution in [-0.4, -0.2) is 35.1 Å². The number of rotatable bonds is 5. The van der Waals surface area contributed by atoms with Gasteiger partial charge in [-0.2, -0.15) is 0 Å². The third-order valence-corrected chi connectivity index (χ3v) is 6.63. The van der Waals surface area contributed by atoms with E-state index in [2.05, 4.69) is 11.4 Å². The standard InChI is InChI=1S/C21H24N2O2S2/c1-15-8-10-17(11-9-15)22-20(24)14-27-16(2)21(25)23-12-5-13-26-19-7-4-3-6-18(19)23/h3-4,6-11,16H,5,12-14H2,1-2H3,(H,22,24). The maximum absolute atomic E-state index is 13.0. The van der Waals surface area contributed by atoms with E-state index in [1.54, 1.807) is 11.8 Å². The average Bonchev–Trinajstić information content (AvgIpc) is 2.90. The lowest BCUT2D eigenvalue weighted by atomic mass is 10.2. The summed E-state index contributed by atoms with van der Waals surface area (Å²) in [6.07, 6.45) is 0.969. The quantitative estimate of drug-likeness (QED) is 0.798. The molecule has 0 saturated heterocycles. The van der Waals surface area contributed by atoms with Crippen molar-refractivity contribution < 1.29 is 9.59 Å². The van der Waals surface area contributed by atoms with E-state index < -0.39 is 0 Å². The molecule has 1 unspecified atom stereocenters. The molecule has 1 heterocycles. The molecule has 27 heavy (non-hydrogen) atoms. The first-order valence-electron chi connectivity index (χ1n) is 9.06. The van der Waals surface area contributed by atoms with Crippen LogP contribution < -0.4 is 10.2 Å². The van der Waals surface area contributed by atoms with Crippen molar-refractivity contribution in [3.05, 3.63) is 54.1 Å². The number of hydrogen-bond acceptors (Lipinski definition) is 4. The van der Waals surface area contributed by atoms with Crippen LogP contribution in [0.4, 0.5) is 11.4 Å². The fourth-order valence-corrected chi connectivity index (χ4v) is 4.62. The minimum atomic E-state index is -0.273. The monoisotopic (exact) mass is 400 g/mol. The molecule has 6 heteroatoms. The smallest absolute Gasteiger partial charge is 0.239 e. The molecule has 0 bridgehead atoms. The van der Waals surface area contributed by atoms with Gasteiger partial charge in [-0.05, 0) is 50.3 Å². The second kappa shape index (κ2) is 9.33. The number of thioether (sulfide) groups is 2. The van der Waals surface area contributed by atoms with E-state index in [0.29, 0.717) is 0 Å². The molecule has 1 atom stereocenters. The van der Waals surface area contributed by atoms with Crippen molar-refractivity contribution in [2.24, 2.45) is 0 Å². The molecule has 2 aromatic carbocycles. The lowest BCUT2D eigenvalue weighted by Crippen LogP contribution is -2.38. The summed E-state index contributed by atoms with van der Waals surface area (Å²) in [5, 5.41) is 2.61. The lowest BCUT2D eigenvalue weighted by Gasteiger charge is -2.25. The summed E-state index contributed by atoms with van der Waals surface area (Å²) < 4.78 is 0. The van der Waals surface area contributed by atoms with E-state index in [1.807, 2.05) is 61.2 Å². The zero-order valence-corrected chi connectivity index (χ0v) is 17.2. The molecule has 3 rings (SSSR count). The van der Waals surface area contributed by atoms with Gasteiger partial charge >= 0.3 is 0 Å². The molecular formula is C21H24N2O2S2. The van der Waals surface area contributed by atoms with Crippen molar-refractivity contribution in [1.82, 2.24) is 0 Å². The number of nitrogens with zero attached hydrogens (tertiary/aromatic N) is 1. The van der Waals surface area contributed by atoms with Gasteiger partial charge in [-0.3, -0.25) is 9.59 Å². The van der Waals surface area contributed by atoms with Crippen LogP contribution in [0.3, 0.4) is 0 Å². The van der Waals surface area contributed by atoms with Gasteiger partial charge in [0.1, 0.15) is 0 Å². The minimum Gasteiger partial charge on any atom is -0.325 e. The van der Waals surface area contributed by atoms with E-state index in [4.69, 9.17) is 0 Å². The van der Waals surface area contributed by atoms with Crippen molar-refractivity contribution in [3.8, 4) is 0 Å². The van der Waals surface area contributed by atoms with Gasteiger partial charge in [-0.15, -0.1) is 23.5 Å². The maximum atomic E-state index is 13.0. The van der Waals surface area contributed by atoms with Gasteiger partial charge in [-0.25, -0.2) is 0 Å².